The maximum atomic E-state index is 13.1. The van der Waals surface area contributed by atoms with Gasteiger partial charge in [-0.25, -0.2) is 9.79 Å². The number of hydrogen-bond acceptors (Lipinski definition) is 6. The molecule has 2 aromatic carbocycles. The summed E-state index contributed by atoms with van der Waals surface area (Å²) in [5, 5.41) is 11.4. The quantitative estimate of drug-likeness (QED) is 0.278. The highest BCUT2D eigenvalue weighted by Crippen LogP contribution is 2.36. The molecule has 0 bridgehead atoms. The second kappa shape index (κ2) is 11.8. The molecule has 37 heavy (non-hydrogen) atoms. The number of esters is 1. The van der Waals surface area contributed by atoms with Crippen molar-refractivity contribution in [2.75, 3.05) is 20.1 Å². The predicted molar refractivity (Wildman–Crippen MR) is 139 cm³/mol. The monoisotopic (exact) mass is 508 g/mol. The van der Waals surface area contributed by atoms with Crippen LogP contribution < -0.4 is 0 Å². The number of aryl methyl sites for hydroxylation is 1. The molecule has 0 saturated carbocycles. The van der Waals surface area contributed by atoms with Crippen LogP contribution in [0.3, 0.4) is 0 Å². The van der Waals surface area contributed by atoms with Gasteiger partial charge in [0.25, 0.3) is 11.6 Å². The molecule has 0 spiro atoms. The second-order valence-electron chi connectivity index (χ2n) is 9.38. The maximum Gasteiger partial charge on any atom is 0.344 e. The van der Waals surface area contributed by atoms with Crippen molar-refractivity contribution in [3.05, 3.63) is 75.3 Å². The standard InChI is InChI=1S/C27H32N4O6/c1-17(2)37-26(33)23-19(4)28-27(34)30(24(23)20-11-8-12-21(16-20)31(35)36)15-9-14-29(5)25(32)22-13-7-6-10-18(22)3/h6-8,10-13,16-17,23-24H,9,14-15H2,1-5H3. The molecule has 1 heterocycles. The predicted octanol–water partition coefficient (Wildman–Crippen LogP) is 4.57. The van der Waals surface area contributed by atoms with E-state index in [0.29, 0.717) is 24.1 Å². The molecule has 2 aromatic rings. The zero-order valence-corrected chi connectivity index (χ0v) is 21.7. The number of ether oxygens (including phenoxy) is 1. The van der Waals surface area contributed by atoms with Gasteiger partial charge in [-0.1, -0.05) is 30.3 Å². The Kier molecular flexibility index (Phi) is 8.75. The van der Waals surface area contributed by atoms with Crippen LogP contribution >= 0.6 is 0 Å². The third-order valence-corrected chi connectivity index (χ3v) is 6.26. The van der Waals surface area contributed by atoms with Crippen LogP contribution in [0.1, 0.15) is 54.7 Å². The minimum Gasteiger partial charge on any atom is -0.462 e. The Morgan fingerprint density at radius 1 is 1.16 bits per heavy atom. The van der Waals surface area contributed by atoms with Gasteiger partial charge >= 0.3 is 12.0 Å². The molecule has 196 valence electrons. The number of nitro groups is 1. The van der Waals surface area contributed by atoms with E-state index in [2.05, 4.69) is 4.99 Å². The lowest BCUT2D eigenvalue weighted by molar-refractivity contribution is -0.385. The summed E-state index contributed by atoms with van der Waals surface area (Å²) in [7, 11) is 1.69. The highest BCUT2D eigenvalue weighted by atomic mass is 16.6. The summed E-state index contributed by atoms with van der Waals surface area (Å²) in [5.74, 6) is -1.61. The van der Waals surface area contributed by atoms with E-state index in [4.69, 9.17) is 4.74 Å². The number of non-ortho nitro benzene ring substituents is 1. The first-order valence-corrected chi connectivity index (χ1v) is 12.1. The molecule has 3 amide bonds. The summed E-state index contributed by atoms with van der Waals surface area (Å²) in [4.78, 5) is 57.1. The molecule has 1 aliphatic heterocycles. The number of hydrogen-bond donors (Lipinski definition) is 0. The summed E-state index contributed by atoms with van der Waals surface area (Å²) < 4.78 is 5.46. The Hall–Kier alpha value is -4.08. The molecular formula is C27H32N4O6. The smallest absolute Gasteiger partial charge is 0.344 e. The van der Waals surface area contributed by atoms with Gasteiger partial charge in [-0.05, 0) is 51.3 Å². The van der Waals surface area contributed by atoms with E-state index >= 15 is 0 Å². The Balaban J connectivity index is 1.88. The highest BCUT2D eigenvalue weighted by Gasteiger charge is 2.43. The number of aliphatic imine (C=N–C) groups is 1. The fourth-order valence-electron chi connectivity index (χ4n) is 4.44. The molecule has 0 radical (unpaired) electrons. The lowest BCUT2D eigenvalue weighted by Gasteiger charge is -2.39. The van der Waals surface area contributed by atoms with Gasteiger partial charge in [0.15, 0.2) is 0 Å². The van der Waals surface area contributed by atoms with Crippen LogP contribution in [-0.2, 0) is 9.53 Å². The van der Waals surface area contributed by atoms with Crippen molar-refractivity contribution in [2.24, 2.45) is 10.9 Å². The molecular weight excluding hydrogens is 476 g/mol. The third-order valence-electron chi connectivity index (χ3n) is 6.26. The van der Waals surface area contributed by atoms with Gasteiger partial charge in [0.05, 0.1) is 17.1 Å². The maximum absolute atomic E-state index is 13.1. The van der Waals surface area contributed by atoms with E-state index < -0.39 is 35.0 Å². The van der Waals surface area contributed by atoms with Crippen molar-refractivity contribution in [1.82, 2.24) is 9.80 Å². The lowest BCUT2D eigenvalue weighted by atomic mass is 9.86. The molecule has 0 aliphatic carbocycles. The number of benzene rings is 2. The number of nitro benzene ring substituents is 1. The van der Waals surface area contributed by atoms with Gasteiger partial charge in [0, 0.05) is 43.5 Å². The first-order valence-electron chi connectivity index (χ1n) is 12.1. The van der Waals surface area contributed by atoms with E-state index in [1.165, 1.54) is 23.1 Å². The highest BCUT2D eigenvalue weighted by molar-refractivity contribution is 6.08. The van der Waals surface area contributed by atoms with Crippen LogP contribution in [0, 0.1) is 23.0 Å². The first kappa shape index (κ1) is 27.5. The Bertz CT molecular complexity index is 1220. The zero-order chi connectivity index (χ0) is 27.3. The van der Waals surface area contributed by atoms with Gasteiger partial charge in [0.2, 0.25) is 0 Å². The van der Waals surface area contributed by atoms with Crippen LogP contribution in [0.4, 0.5) is 10.5 Å². The third kappa shape index (κ3) is 6.38. The zero-order valence-electron chi connectivity index (χ0n) is 21.7. The fourth-order valence-corrected chi connectivity index (χ4v) is 4.44. The lowest BCUT2D eigenvalue weighted by Crippen LogP contribution is -2.48. The van der Waals surface area contributed by atoms with Gasteiger partial charge in [-0.2, -0.15) is 0 Å². The van der Waals surface area contributed by atoms with E-state index in [1.807, 2.05) is 19.1 Å². The number of carbonyl (C=O) groups excluding carboxylic acids is 3. The molecule has 3 rings (SSSR count). The average molecular weight is 509 g/mol. The van der Waals surface area contributed by atoms with Gasteiger partial charge < -0.3 is 14.5 Å². The van der Waals surface area contributed by atoms with E-state index in [0.717, 1.165) is 5.56 Å². The van der Waals surface area contributed by atoms with Crippen molar-refractivity contribution in [3.8, 4) is 0 Å². The molecule has 2 atom stereocenters. The topological polar surface area (TPSA) is 122 Å². The van der Waals surface area contributed by atoms with Gasteiger partial charge in [0.1, 0.15) is 5.92 Å². The van der Waals surface area contributed by atoms with Crippen LogP contribution in [0.5, 0.6) is 0 Å². The number of rotatable bonds is 9. The minimum atomic E-state index is -0.923. The van der Waals surface area contributed by atoms with Crippen LogP contribution in [-0.4, -0.2) is 64.6 Å². The summed E-state index contributed by atoms with van der Waals surface area (Å²) >= 11 is 0. The van der Waals surface area contributed by atoms with Crippen LogP contribution in [0.2, 0.25) is 0 Å². The van der Waals surface area contributed by atoms with Gasteiger partial charge in [-0.3, -0.25) is 19.7 Å². The van der Waals surface area contributed by atoms with Gasteiger partial charge in [-0.15, -0.1) is 0 Å². The molecule has 2 unspecified atom stereocenters. The van der Waals surface area contributed by atoms with Crippen LogP contribution in [0.15, 0.2) is 53.5 Å². The Morgan fingerprint density at radius 3 is 2.51 bits per heavy atom. The van der Waals surface area contributed by atoms with Crippen molar-refractivity contribution >= 4 is 29.3 Å². The summed E-state index contributed by atoms with van der Waals surface area (Å²) in [6, 6.07) is 11.8. The number of nitrogens with zero attached hydrogens (tertiary/aromatic N) is 4. The normalized spacial score (nSPS) is 17.4. The number of amides is 3. The first-order chi connectivity index (χ1) is 17.5. The molecule has 0 fully saturated rings. The van der Waals surface area contributed by atoms with E-state index in [-0.39, 0.29) is 23.9 Å². The summed E-state index contributed by atoms with van der Waals surface area (Å²) in [6.07, 6.45) is 0.0180. The molecule has 0 N–H and O–H groups in total. The number of urea groups is 1. The molecule has 10 heteroatoms. The van der Waals surface area contributed by atoms with Crippen LogP contribution in [0.25, 0.3) is 0 Å². The largest absolute Gasteiger partial charge is 0.462 e. The van der Waals surface area contributed by atoms with Crippen molar-refractivity contribution in [1.29, 1.82) is 0 Å². The SMILES string of the molecule is CC1=NC(=O)N(CCCN(C)C(=O)c2ccccc2C)C(c2cccc([N+](=O)[O-])c2)C1C(=O)OC(C)C. The summed E-state index contributed by atoms with van der Waals surface area (Å²) in [5.41, 5.74) is 2.05. The number of carbonyl (C=O) groups is 3. The van der Waals surface area contributed by atoms with E-state index in [9.17, 15) is 24.5 Å². The fraction of sp³-hybridized carbons (Fsp3) is 0.407. The van der Waals surface area contributed by atoms with Crippen molar-refractivity contribution < 1.29 is 24.0 Å². The molecule has 1 aliphatic rings. The molecule has 10 nitrogen and oxygen atoms in total. The molecule has 0 aromatic heterocycles. The molecule has 0 saturated heterocycles. The Labute approximate surface area is 216 Å². The Morgan fingerprint density at radius 2 is 1.86 bits per heavy atom. The van der Waals surface area contributed by atoms with Crippen molar-refractivity contribution in [3.63, 3.8) is 0 Å². The minimum absolute atomic E-state index is 0.134. The average Bonchev–Trinajstić information content (AvgIpc) is 2.84. The van der Waals surface area contributed by atoms with Crippen molar-refractivity contribution in [2.45, 2.75) is 46.3 Å². The second-order valence-corrected chi connectivity index (χ2v) is 9.38. The van der Waals surface area contributed by atoms with E-state index in [1.54, 1.807) is 50.9 Å². The summed E-state index contributed by atoms with van der Waals surface area (Å²) in [6.45, 7) is 7.43.